The lowest BCUT2D eigenvalue weighted by atomic mass is 10.2. The summed E-state index contributed by atoms with van der Waals surface area (Å²) in [7, 11) is 0. The monoisotopic (exact) mass is 413 g/mol. The first-order valence-electron chi connectivity index (χ1n) is 11.0. The Balaban J connectivity index is 1.59. The van der Waals surface area contributed by atoms with E-state index in [1.165, 1.54) is 0 Å². The van der Waals surface area contributed by atoms with Gasteiger partial charge in [0, 0.05) is 18.2 Å². The van der Waals surface area contributed by atoms with Gasteiger partial charge in [0.15, 0.2) is 0 Å². The summed E-state index contributed by atoms with van der Waals surface area (Å²) in [6.45, 7) is 8.16. The maximum atomic E-state index is 5.94. The molecule has 0 aliphatic heterocycles. The van der Waals surface area contributed by atoms with Gasteiger partial charge in [0.25, 0.3) is 0 Å². The second-order valence-electron chi connectivity index (χ2n) is 7.59. The number of rotatable bonds is 10. The molecule has 159 valence electrons. The van der Waals surface area contributed by atoms with E-state index < -0.39 is 0 Å². The highest BCUT2D eigenvalue weighted by molar-refractivity contribution is 5.82. The van der Waals surface area contributed by atoms with Gasteiger partial charge in [-0.05, 0) is 61.7 Å². The summed E-state index contributed by atoms with van der Waals surface area (Å²) < 4.78 is 14.0. The van der Waals surface area contributed by atoms with Crippen molar-refractivity contribution in [2.24, 2.45) is 0 Å². The molecule has 0 saturated heterocycles. The highest BCUT2D eigenvalue weighted by atomic mass is 16.5. The molecule has 4 rings (SSSR count). The molecule has 3 aromatic carbocycles. The topological polar surface area (TPSA) is 36.3 Å². The molecule has 0 amide bonds. The van der Waals surface area contributed by atoms with Crippen LogP contribution in [0.1, 0.15) is 31.7 Å². The highest BCUT2D eigenvalue weighted by Gasteiger charge is 2.13. The van der Waals surface area contributed by atoms with Crippen LogP contribution in [0, 0.1) is 6.92 Å². The summed E-state index contributed by atoms with van der Waals surface area (Å²) in [6, 6.07) is 24.5. The first-order chi connectivity index (χ1) is 15.3. The molecule has 0 atom stereocenters. The van der Waals surface area contributed by atoms with Gasteiger partial charge in [-0.15, -0.1) is 0 Å². The highest BCUT2D eigenvalue weighted by Crippen LogP contribution is 2.29. The zero-order chi connectivity index (χ0) is 21.5. The molecule has 0 aliphatic rings. The van der Waals surface area contributed by atoms with Crippen LogP contribution in [-0.2, 0) is 13.2 Å². The molecular weight excluding hydrogens is 384 g/mol. The molecule has 0 bridgehead atoms. The second-order valence-corrected chi connectivity index (χ2v) is 7.59. The first kappa shape index (κ1) is 21.0. The lowest BCUT2D eigenvalue weighted by molar-refractivity contribution is 0.306. The van der Waals surface area contributed by atoms with Crippen LogP contribution in [0.15, 0.2) is 72.8 Å². The van der Waals surface area contributed by atoms with E-state index in [0.29, 0.717) is 13.2 Å². The standard InChI is InChI=1S/C27H29N2O2/c1-3-5-17-29-26-19-24(30-18-4-2)15-16-25(26)28-27(29)22-11-13-23(14-12-22)31-20-21-9-7-6-8-10-21/h6-16,19H,2-5,17-18,20H2,1H3. The molecule has 4 aromatic rings. The van der Waals surface area contributed by atoms with Gasteiger partial charge in [0.2, 0.25) is 0 Å². The fraction of sp³-hybridized carbons (Fsp3) is 0.259. The van der Waals surface area contributed by atoms with Crippen LogP contribution in [-0.4, -0.2) is 16.2 Å². The Morgan fingerprint density at radius 2 is 1.68 bits per heavy atom. The fourth-order valence-corrected chi connectivity index (χ4v) is 3.59. The lowest BCUT2D eigenvalue weighted by Crippen LogP contribution is -2.01. The van der Waals surface area contributed by atoms with E-state index in [2.05, 4.69) is 48.7 Å². The zero-order valence-corrected chi connectivity index (χ0v) is 18.1. The van der Waals surface area contributed by atoms with Crippen molar-refractivity contribution in [3.63, 3.8) is 0 Å². The maximum Gasteiger partial charge on any atom is 0.141 e. The molecule has 31 heavy (non-hydrogen) atoms. The van der Waals surface area contributed by atoms with Gasteiger partial charge in [-0.25, -0.2) is 4.98 Å². The maximum absolute atomic E-state index is 5.94. The Kier molecular flexibility index (Phi) is 6.88. The lowest BCUT2D eigenvalue weighted by Gasteiger charge is -2.11. The van der Waals surface area contributed by atoms with Crippen molar-refractivity contribution in [3.8, 4) is 22.9 Å². The van der Waals surface area contributed by atoms with Gasteiger partial charge in [-0.2, -0.15) is 0 Å². The third-order valence-corrected chi connectivity index (χ3v) is 5.23. The number of hydrogen-bond acceptors (Lipinski definition) is 3. The van der Waals surface area contributed by atoms with Crippen molar-refractivity contribution in [3.05, 3.63) is 85.3 Å². The SMILES string of the molecule is [CH2]CCOc1ccc2nc(-c3ccc(OCc4ccccc4)cc3)n(CCCC)c2c1. The number of imidazole rings is 1. The Hall–Kier alpha value is -3.27. The Bertz CT molecular complexity index is 1100. The fourth-order valence-electron chi connectivity index (χ4n) is 3.59. The number of ether oxygens (including phenoxy) is 2. The first-order valence-corrected chi connectivity index (χ1v) is 11.0. The molecular formula is C27H29N2O2. The van der Waals surface area contributed by atoms with Crippen LogP contribution in [0.5, 0.6) is 11.5 Å². The van der Waals surface area contributed by atoms with Crippen LogP contribution in [0.25, 0.3) is 22.4 Å². The average molecular weight is 414 g/mol. The molecule has 4 nitrogen and oxygen atoms in total. The number of aromatic nitrogens is 2. The van der Waals surface area contributed by atoms with Crippen LogP contribution in [0.4, 0.5) is 0 Å². The number of unbranched alkanes of at least 4 members (excludes halogenated alkanes) is 1. The predicted molar refractivity (Wildman–Crippen MR) is 126 cm³/mol. The average Bonchev–Trinajstić information content (AvgIpc) is 3.18. The minimum absolute atomic E-state index is 0.561. The van der Waals surface area contributed by atoms with Gasteiger partial charge in [-0.3, -0.25) is 0 Å². The molecule has 0 spiro atoms. The molecule has 0 saturated carbocycles. The van der Waals surface area contributed by atoms with Crippen molar-refractivity contribution in [1.29, 1.82) is 0 Å². The molecule has 0 aliphatic carbocycles. The van der Waals surface area contributed by atoms with Crippen LogP contribution in [0.2, 0.25) is 0 Å². The predicted octanol–water partition coefficient (Wildman–Crippen LogP) is 6.69. The molecule has 1 heterocycles. The smallest absolute Gasteiger partial charge is 0.141 e. The molecule has 0 N–H and O–H groups in total. The number of fused-ring (bicyclic) bond motifs is 1. The summed E-state index contributed by atoms with van der Waals surface area (Å²) in [4.78, 5) is 4.93. The summed E-state index contributed by atoms with van der Waals surface area (Å²) in [5.41, 5.74) is 4.33. The third-order valence-electron chi connectivity index (χ3n) is 5.23. The van der Waals surface area contributed by atoms with E-state index in [1.807, 2.05) is 42.5 Å². The van der Waals surface area contributed by atoms with Crippen molar-refractivity contribution in [1.82, 2.24) is 9.55 Å². The van der Waals surface area contributed by atoms with Crippen molar-refractivity contribution in [2.75, 3.05) is 6.61 Å². The van der Waals surface area contributed by atoms with Gasteiger partial charge < -0.3 is 14.0 Å². The molecule has 1 aromatic heterocycles. The molecule has 4 heteroatoms. The summed E-state index contributed by atoms with van der Waals surface area (Å²) in [6.07, 6.45) is 2.97. The van der Waals surface area contributed by atoms with Gasteiger partial charge >= 0.3 is 0 Å². The van der Waals surface area contributed by atoms with Gasteiger partial charge in [0.05, 0.1) is 17.6 Å². The Morgan fingerprint density at radius 3 is 2.42 bits per heavy atom. The van der Waals surface area contributed by atoms with E-state index in [-0.39, 0.29) is 0 Å². The van der Waals surface area contributed by atoms with E-state index in [1.54, 1.807) is 0 Å². The van der Waals surface area contributed by atoms with Gasteiger partial charge in [0.1, 0.15) is 23.9 Å². The normalized spacial score (nSPS) is 11.0. The number of benzene rings is 3. The van der Waals surface area contributed by atoms with E-state index >= 15 is 0 Å². The van der Waals surface area contributed by atoms with Crippen LogP contribution >= 0.6 is 0 Å². The minimum atomic E-state index is 0.561. The largest absolute Gasteiger partial charge is 0.494 e. The van der Waals surface area contributed by atoms with Crippen molar-refractivity contribution < 1.29 is 9.47 Å². The number of aryl methyl sites for hydroxylation is 1. The van der Waals surface area contributed by atoms with Crippen LogP contribution < -0.4 is 9.47 Å². The minimum Gasteiger partial charge on any atom is -0.494 e. The number of hydrogen-bond donors (Lipinski definition) is 0. The quantitative estimate of drug-likeness (QED) is 0.291. The summed E-state index contributed by atoms with van der Waals surface area (Å²) in [5, 5.41) is 0. The Labute approximate surface area is 184 Å². The van der Waals surface area contributed by atoms with E-state index in [4.69, 9.17) is 14.5 Å². The van der Waals surface area contributed by atoms with Crippen LogP contribution in [0.3, 0.4) is 0 Å². The van der Waals surface area contributed by atoms with Crippen molar-refractivity contribution in [2.45, 2.75) is 39.3 Å². The Morgan fingerprint density at radius 1 is 0.903 bits per heavy atom. The summed E-state index contributed by atoms with van der Waals surface area (Å²) in [5.74, 6) is 2.70. The molecule has 1 radical (unpaired) electrons. The van der Waals surface area contributed by atoms with E-state index in [9.17, 15) is 0 Å². The molecule has 0 unspecified atom stereocenters. The van der Waals surface area contributed by atoms with Crippen molar-refractivity contribution >= 4 is 11.0 Å². The van der Waals surface area contributed by atoms with E-state index in [0.717, 1.165) is 65.3 Å². The number of nitrogens with zero attached hydrogens (tertiary/aromatic N) is 2. The zero-order valence-electron chi connectivity index (χ0n) is 18.1. The summed E-state index contributed by atoms with van der Waals surface area (Å²) >= 11 is 0. The second kappa shape index (κ2) is 10.2. The van der Waals surface area contributed by atoms with Gasteiger partial charge in [-0.1, -0.05) is 43.7 Å². The third kappa shape index (κ3) is 5.08. The molecule has 0 fully saturated rings.